The molecule has 1 saturated heterocycles. The van der Waals surface area contributed by atoms with Crippen LogP contribution in [0.25, 0.3) is 0 Å². The molecule has 1 amide bonds. The monoisotopic (exact) mass is 365 g/mol. The van der Waals surface area contributed by atoms with E-state index in [2.05, 4.69) is 29.5 Å². The number of carbonyl (C=O) groups is 1. The molecule has 2 aliphatic rings. The van der Waals surface area contributed by atoms with Crippen LogP contribution in [-0.4, -0.2) is 73.5 Å². The van der Waals surface area contributed by atoms with E-state index in [4.69, 9.17) is 4.99 Å². The van der Waals surface area contributed by atoms with Crippen molar-refractivity contribution < 1.29 is 4.79 Å². The first-order valence-corrected chi connectivity index (χ1v) is 10.5. The summed E-state index contributed by atoms with van der Waals surface area (Å²) in [6, 6.07) is 1.15. The van der Waals surface area contributed by atoms with Gasteiger partial charge in [0.05, 0.1) is 6.54 Å². The Morgan fingerprint density at radius 1 is 1.19 bits per heavy atom. The number of aliphatic imine (C=N–C) groups is 1. The van der Waals surface area contributed by atoms with Gasteiger partial charge in [0.25, 0.3) is 0 Å². The van der Waals surface area contributed by atoms with E-state index in [-0.39, 0.29) is 11.8 Å². The van der Waals surface area contributed by atoms with Gasteiger partial charge in [-0.1, -0.05) is 26.7 Å². The summed E-state index contributed by atoms with van der Waals surface area (Å²) in [5.74, 6) is 1.29. The normalized spacial score (nSPS) is 20.2. The number of hydrogen-bond acceptors (Lipinski definition) is 3. The van der Waals surface area contributed by atoms with Gasteiger partial charge in [-0.25, -0.2) is 0 Å². The van der Waals surface area contributed by atoms with E-state index in [1.165, 1.54) is 25.7 Å². The lowest BCUT2D eigenvalue weighted by Gasteiger charge is -2.34. The summed E-state index contributed by atoms with van der Waals surface area (Å²) < 4.78 is 0. The fourth-order valence-corrected chi connectivity index (χ4v) is 3.97. The molecule has 0 spiro atoms. The molecule has 6 heteroatoms. The number of piperidine rings is 1. The zero-order chi connectivity index (χ0) is 18.9. The summed E-state index contributed by atoms with van der Waals surface area (Å²) in [7, 11) is 2.23. The predicted molar refractivity (Wildman–Crippen MR) is 108 cm³/mol. The van der Waals surface area contributed by atoms with Gasteiger partial charge in [-0.05, 0) is 39.7 Å². The molecular weight excluding hydrogens is 326 g/mol. The van der Waals surface area contributed by atoms with E-state index < -0.39 is 0 Å². The second-order valence-corrected chi connectivity index (χ2v) is 8.08. The smallest absolute Gasteiger partial charge is 0.225 e. The SMILES string of the molecule is CCNC(=NCCN(C)C1CCCC1)NC1CCN(C(=O)C(C)C)CC1. The molecule has 0 aromatic heterocycles. The van der Waals surface area contributed by atoms with Gasteiger partial charge in [0.1, 0.15) is 0 Å². The minimum atomic E-state index is 0.0928. The molecule has 0 unspecified atom stereocenters. The third-order valence-electron chi connectivity index (χ3n) is 5.66. The van der Waals surface area contributed by atoms with E-state index >= 15 is 0 Å². The standard InChI is InChI=1S/C20H39N5O/c1-5-21-20(22-12-15-24(4)18-8-6-7-9-18)23-17-10-13-25(14-11-17)19(26)16(2)3/h16-18H,5-15H2,1-4H3,(H2,21,22,23). The molecule has 1 heterocycles. The highest BCUT2D eigenvalue weighted by atomic mass is 16.2. The molecule has 1 aliphatic carbocycles. The molecule has 150 valence electrons. The van der Waals surface area contributed by atoms with Crippen molar-refractivity contribution in [2.75, 3.05) is 39.8 Å². The van der Waals surface area contributed by atoms with Crippen molar-refractivity contribution in [3.63, 3.8) is 0 Å². The van der Waals surface area contributed by atoms with Crippen LogP contribution in [0.5, 0.6) is 0 Å². The molecule has 0 bridgehead atoms. The van der Waals surface area contributed by atoms with E-state index in [0.717, 1.165) is 57.6 Å². The van der Waals surface area contributed by atoms with Crippen molar-refractivity contribution >= 4 is 11.9 Å². The number of rotatable bonds is 7. The average Bonchev–Trinajstić information content (AvgIpc) is 3.16. The van der Waals surface area contributed by atoms with Crippen LogP contribution < -0.4 is 10.6 Å². The van der Waals surface area contributed by atoms with Gasteiger partial charge >= 0.3 is 0 Å². The second kappa shape index (κ2) is 10.8. The summed E-state index contributed by atoms with van der Waals surface area (Å²) >= 11 is 0. The number of nitrogens with zero attached hydrogens (tertiary/aromatic N) is 3. The zero-order valence-electron chi connectivity index (χ0n) is 17.3. The zero-order valence-corrected chi connectivity index (χ0v) is 17.3. The first kappa shape index (κ1) is 21.0. The summed E-state index contributed by atoms with van der Waals surface area (Å²) in [4.78, 5) is 21.4. The van der Waals surface area contributed by atoms with E-state index in [9.17, 15) is 4.79 Å². The molecule has 0 aromatic rings. The van der Waals surface area contributed by atoms with Crippen LogP contribution >= 0.6 is 0 Å². The molecule has 2 rings (SSSR count). The molecule has 6 nitrogen and oxygen atoms in total. The van der Waals surface area contributed by atoms with Crippen LogP contribution in [0, 0.1) is 5.92 Å². The Morgan fingerprint density at radius 3 is 2.42 bits per heavy atom. The van der Waals surface area contributed by atoms with Crippen molar-refractivity contribution in [2.45, 2.75) is 71.4 Å². The fraction of sp³-hybridized carbons (Fsp3) is 0.900. The van der Waals surface area contributed by atoms with Gasteiger partial charge in [0.2, 0.25) is 5.91 Å². The van der Waals surface area contributed by atoms with Crippen LogP contribution in [0.4, 0.5) is 0 Å². The molecule has 0 aromatic carbocycles. The summed E-state index contributed by atoms with van der Waals surface area (Å²) in [5, 5.41) is 6.94. The molecule has 0 radical (unpaired) electrons. The highest BCUT2D eigenvalue weighted by Gasteiger charge is 2.24. The third-order valence-corrected chi connectivity index (χ3v) is 5.66. The maximum Gasteiger partial charge on any atom is 0.225 e. The fourth-order valence-electron chi connectivity index (χ4n) is 3.97. The Kier molecular flexibility index (Phi) is 8.69. The predicted octanol–water partition coefficient (Wildman–Crippen LogP) is 2.06. The highest BCUT2D eigenvalue weighted by molar-refractivity contribution is 5.80. The molecule has 1 saturated carbocycles. The number of amides is 1. The number of hydrogen-bond donors (Lipinski definition) is 2. The van der Waals surface area contributed by atoms with Crippen molar-refractivity contribution in [1.82, 2.24) is 20.4 Å². The molecule has 2 N–H and O–H groups in total. The number of likely N-dealkylation sites (N-methyl/N-ethyl adjacent to an activating group) is 1. The molecule has 1 aliphatic heterocycles. The molecular formula is C20H39N5O. The number of guanidine groups is 1. The van der Waals surface area contributed by atoms with Crippen molar-refractivity contribution in [3.05, 3.63) is 0 Å². The quantitative estimate of drug-likeness (QED) is 0.536. The third kappa shape index (κ3) is 6.45. The maximum atomic E-state index is 12.1. The Morgan fingerprint density at radius 2 is 1.85 bits per heavy atom. The maximum absolute atomic E-state index is 12.1. The topological polar surface area (TPSA) is 60.0 Å². The van der Waals surface area contributed by atoms with Crippen LogP contribution in [0.3, 0.4) is 0 Å². The van der Waals surface area contributed by atoms with Gasteiger partial charge in [-0.3, -0.25) is 9.79 Å². The van der Waals surface area contributed by atoms with E-state index in [1.54, 1.807) is 0 Å². The number of nitrogens with one attached hydrogen (secondary N) is 2. The Balaban J connectivity index is 1.75. The minimum absolute atomic E-state index is 0.0928. The lowest BCUT2D eigenvalue weighted by molar-refractivity contribution is -0.135. The van der Waals surface area contributed by atoms with Crippen LogP contribution in [0.2, 0.25) is 0 Å². The molecule has 2 fully saturated rings. The van der Waals surface area contributed by atoms with Gasteiger partial charge in [0.15, 0.2) is 5.96 Å². The van der Waals surface area contributed by atoms with Crippen molar-refractivity contribution in [2.24, 2.45) is 10.9 Å². The largest absolute Gasteiger partial charge is 0.357 e. The summed E-state index contributed by atoms with van der Waals surface area (Å²) in [5.41, 5.74) is 0. The minimum Gasteiger partial charge on any atom is -0.357 e. The van der Waals surface area contributed by atoms with Crippen LogP contribution in [-0.2, 0) is 4.79 Å². The Hall–Kier alpha value is -1.30. The van der Waals surface area contributed by atoms with Crippen molar-refractivity contribution in [1.29, 1.82) is 0 Å². The Bertz CT molecular complexity index is 451. The molecule has 0 atom stereocenters. The Labute approximate surface area is 159 Å². The van der Waals surface area contributed by atoms with Gasteiger partial charge in [0, 0.05) is 44.2 Å². The lowest BCUT2D eigenvalue weighted by atomic mass is 10.0. The summed E-state index contributed by atoms with van der Waals surface area (Å²) in [6.45, 7) is 10.5. The van der Waals surface area contributed by atoms with Gasteiger partial charge in [-0.15, -0.1) is 0 Å². The van der Waals surface area contributed by atoms with Crippen LogP contribution in [0.1, 0.15) is 59.3 Å². The highest BCUT2D eigenvalue weighted by Crippen LogP contribution is 2.21. The van der Waals surface area contributed by atoms with E-state index in [1.807, 2.05) is 18.7 Å². The summed E-state index contributed by atoms with van der Waals surface area (Å²) in [6.07, 6.45) is 7.41. The first-order valence-electron chi connectivity index (χ1n) is 10.5. The second-order valence-electron chi connectivity index (χ2n) is 8.08. The van der Waals surface area contributed by atoms with Gasteiger partial charge in [-0.2, -0.15) is 0 Å². The number of likely N-dealkylation sites (tertiary alicyclic amines) is 1. The van der Waals surface area contributed by atoms with E-state index in [0.29, 0.717) is 6.04 Å². The van der Waals surface area contributed by atoms with Gasteiger partial charge < -0.3 is 20.4 Å². The lowest BCUT2D eigenvalue weighted by Crippen LogP contribution is -2.50. The van der Waals surface area contributed by atoms with Crippen LogP contribution in [0.15, 0.2) is 4.99 Å². The van der Waals surface area contributed by atoms with Crippen molar-refractivity contribution in [3.8, 4) is 0 Å². The average molecular weight is 366 g/mol. The molecule has 26 heavy (non-hydrogen) atoms. The number of carbonyl (C=O) groups excluding carboxylic acids is 1. The first-order chi connectivity index (χ1) is 12.5.